The fourth-order valence-electron chi connectivity index (χ4n) is 5.03. The number of aromatic hydroxyl groups is 1. The third kappa shape index (κ3) is 20.3. The van der Waals surface area contributed by atoms with E-state index in [1.54, 1.807) is 55.5 Å². The first-order valence-electron chi connectivity index (χ1n) is 17.7. The summed E-state index contributed by atoms with van der Waals surface area (Å²) in [5.41, 5.74) is 2.76. The molecule has 52 heavy (non-hydrogen) atoms. The van der Waals surface area contributed by atoms with Gasteiger partial charge in [0.2, 0.25) is 5.91 Å². The SMILES string of the molecule is CO[C@H](C(C)/C=C/C=C/C(C)=C/C=C/[C@H](O)CC(=O)/C=C/C=C(C)/C=C/[C@@H](C)NC(=O)[C@H](C)C/C=C/C[C@@H](O)Cc1ccc(O)cc1)[C@@H](C)C(=O)O. The predicted molar refractivity (Wildman–Crippen MR) is 209 cm³/mol. The van der Waals surface area contributed by atoms with Gasteiger partial charge in [-0.2, -0.15) is 0 Å². The van der Waals surface area contributed by atoms with Gasteiger partial charge < -0.3 is 30.5 Å². The molecule has 0 spiro atoms. The third-order valence-corrected chi connectivity index (χ3v) is 8.24. The topological polar surface area (TPSA) is 153 Å². The second-order valence-electron chi connectivity index (χ2n) is 13.3. The molecule has 9 heteroatoms. The Hall–Kier alpha value is -4.57. The standard InChI is InChI=1S/C43H59NO8/c1-30(14-8-9-17-32(3)41(52-7)35(6)43(50)51)15-12-20-39(47)29-40(48)21-13-16-31(2)22-23-34(5)44-42(49)33(4)18-10-11-19-38(46)28-36-24-26-37(45)27-25-36/h8-17,20-27,32-35,38-39,41,45-47H,18-19,28-29H2,1-7H3,(H,44,49)(H,50,51)/b11-10+,14-8+,17-9+,20-12+,21-13+,23-22+,30-15+,31-16+/t32?,33-,34-,35-,38-,39+,41-/m1/s1. The second-order valence-corrected chi connectivity index (χ2v) is 13.3. The van der Waals surface area contributed by atoms with E-state index in [-0.39, 0.29) is 41.7 Å². The minimum atomic E-state index is -0.927. The molecule has 7 atom stereocenters. The minimum absolute atomic E-state index is 0.0503. The van der Waals surface area contributed by atoms with Gasteiger partial charge in [-0.15, -0.1) is 0 Å². The number of nitrogens with one attached hydrogen (secondary N) is 1. The molecule has 1 aromatic carbocycles. The van der Waals surface area contributed by atoms with E-state index in [4.69, 9.17) is 4.74 Å². The Kier molecular flexibility index (Phi) is 22.2. The number of hydrogen-bond donors (Lipinski definition) is 5. The number of methoxy groups -OCH3 is 1. The number of aliphatic hydroxyl groups excluding tert-OH is 2. The van der Waals surface area contributed by atoms with Crippen molar-refractivity contribution in [3.8, 4) is 5.75 Å². The highest BCUT2D eigenvalue weighted by atomic mass is 16.5. The number of amides is 1. The smallest absolute Gasteiger partial charge is 0.308 e. The van der Waals surface area contributed by atoms with E-state index in [0.29, 0.717) is 19.3 Å². The lowest BCUT2D eigenvalue weighted by atomic mass is 9.93. The van der Waals surface area contributed by atoms with E-state index in [9.17, 15) is 34.8 Å². The number of hydrogen-bond acceptors (Lipinski definition) is 7. The average Bonchev–Trinajstić information content (AvgIpc) is 3.08. The molecule has 284 valence electrons. The van der Waals surface area contributed by atoms with Crippen LogP contribution in [0.5, 0.6) is 5.75 Å². The monoisotopic (exact) mass is 717 g/mol. The van der Waals surface area contributed by atoms with Crippen molar-refractivity contribution in [1.29, 1.82) is 0 Å². The fourth-order valence-corrected chi connectivity index (χ4v) is 5.03. The number of carbonyl (C=O) groups is 3. The molecule has 1 amide bonds. The lowest BCUT2D eigenvalue weighted by Crippen LogP contribution is -2.35. The van der Waals surface area contributed by atoms with Crippen molar-refractivity contribution in [2.75, 3.05) is 7.11 Å². The largest absolute Gasteiger partial charge is 0.508 e. The zero-order chi connectivity index (χ0) is 39.1. The predicted octanol–water partition coefficient (Wildman–Crippen LogP) is 7.14. The van der Waals surface area contributed by atoms with Crippen LogP contribution in [-0.4, -0.2) is 69.5 Å². The van der Waals surface area contributed by atoms with Crippen LogP contribution in [0.3, 0.4) is 0 Å². The molecular weight excluding hydrogens is 658 g/mol. The fraction of sp³-hybridized carbons (Fsp3) is 0.419. The van der Waals surface area contributed by atoms with E-state index < -0.39 is 30.2 Å². The first-order valence-corrected chi connectivity index (χ1v) is 17.7. The summed E-state index contributed by atoms with van der Waals surface area (Å²) in [6.07, 6.45) is 24.5. The Labute approximate surface area is 310 Å². The van der Waals surface area contributed by atoms with Crippen LogP contribution in [0, 0.1) is 17.8 Å². The number of allylic oxidation sites excluding steroid dienone is 12. The van der Waals surface area contributed by atoms with E-state index in [1.165, 1.54) is 13.2 Å². The van der Waals surface area contributed by atoms with Crippen LogP contribution in [0.15, 0.2) is 120 Å². The van der Waals surface area contributed by atoms with Crippen molar-refractivity contribution < 1.29 is 39.5 Å². The minimum Gasteiger partial charge on any atom is -0.508 e. The highest BCUT2D eigenvalue weighted by Gasteiger charge is 2.27. The Balaban J connectivity index is 2.44. The van der Waals surface area contributed by atoms with Crippen LogP contribution in [-0.2, 0) is 25.5 Å². The summed E-state index contributed by atoms with van der Waals surface area (Å²) in [5.74, 6) is -1.93. The van der Waals surface area contributed by atoms with E-state index in [0.717, 1.165) is 16.7 Å². The van der Waals surface area contributed by atoms with Crippen LogP contribution >= 0.6 is 0 Å². The van der Waals surface area contributed by atoms with E-state index in [2.05, 4.69) is 5.32 Å². The Morgan fingerprint density at radius 3 is 2.10 bits per heavy atom. The molecule has 0 fully saturated rings. The van der Waals surface area contributed by atoms with Gasteiger partial charge in [-0.25, -0.2) is 0 Å². The van der Waals surface area contributed by atoms with Gasteiger partial charge in [0.1, 0.15) is 5.75 Å². The molecule has 0 bridgehead atoms. The molecule has 0 aliphatic carbocycles. The van der Waals surface area contributed by atoms with Crippen LogP contribution in [0.4, 0.5) is 0 Å². The molecule has 1 aromatic rings. The number of carbonyl (C=O) groups excluding carboxylic acids is 2. The summed E-state index contributed by atoms with van der Waals surface area (Å²) in [5, 5.41) is 42.1. The van der Waals surface area contributed by atoms with Gasteiger partial charge in [0.25, 0.3) is 0 Å². The van der Waals surface area contributed by atoms with Crippen LogP contribution in [0.25, 0.3) is 0 Å². The summed E-state index contributed by atoms with van der Waals surface area (Å²) in [4.78, 5) is 36.2. The van der Waals surface area contributed by atoms with E-state index in [1.807, 2.05) is 89.3 Å². The summed E-state index contributed by atoms with van der Waals surface area (Å²) in [6.45, 7) is 11.1. The van der Waals surface area contributed by atoms with E-state index >= 15 is 0 Å². The number of carboxylic acid groups (broad SMARTS) is 1. The van der Waals surface area contributed by atoms with Crippen molar-refractivity contribution in [3.63, 3.8) is 0 Å². The van der Waals surface area contributed by atoms with Gasteiger partial charge in [0.15, 0.2) is 5.78 Å². The van der Waals surface area contributed by atoms with Gasteiger partial charge in [0.05, 0.1) is 24.2 Å². The first kappa shape index (κ1) is 45.5. The summed E-state index contributed by atoms with van der Waals surface area (Å²) in [6, 6.07) is 6.57. The summed E-state index contributed by atoms with van der Waals surface area (Å²) in [7, 11) is 1.51. The first-order chi connectivity index (χ1) is 24.6. The van der Waals surface area contributed by atoms with Crippen molar-refractivity contribution >= 4 is 17.7 Å². The highest BCUT2D eigenvalue weighted by molar-refractivity contribution is 5.90. The third-order valence-electron chi connectivity index (χ3n) is 8.24. The lowest BCUT2D eigenvalue weighted by Gasteiger charge is -2.23. The molecule has 0 heterocycles. The number of aliphatic hydroxyl groups is 2. The molecule has 0 saturated heterocycles. The molecule has 0 aliphatic rings. The number of phenols is 1. The van der Waals surface area contributed by atoms with Crippen LogP contribution < -0.4 is 5.32 Å². The van der Waals surface area contributed by atoms with Crippen molar-refractivity contribution in [2.45, 2.75) is 91.6 Å². The van der Waals surface area contributed by atoms with Gasteiger partial charge in [-0.1, -0.05) is 116 Å². The number of aliphatic carboxylic acids is 1. The molecule has 0 radical (unpaired) electrons. The average molecular weight is 718 g/mol. The van der Waals surface area contributed by atoms with Crippen molar-refractivity contribution in [2.24, 2.45) is 17.8 Å². The van der Waals surface area contributed by atoms with Gasteiger partial charge in [0, 0.05) is 31.4 Å². The molecular formula is C43H59NO8. The van der Waals surface area contributed by atoms with Gasteiger partial charge in [-0.05, 0) is 70.7 Å². The van der Waals surface area contributed by atoms with Crippen LogP contribution in [0.1, 0.15) is 66.4 Å². The molecule has 0 saturated carbocycles. The molecule has 9 nitrogen and oxygen atoms in total. The molecule has 1 unspecified atom stereocenters. The zero-order valence-corrected chi connectivity index (χ0v) is 31.7. The highest BCUT2D eigenvalue weighted by Crippen LogP contribution is 2.18. The molecule has 0 aliphatic heterocycles. The maximum Gasteiger partial charge on any atom is 0.308 e. The second kappa shape index (κ2) is 25.4. The number of ketones is 1. The Bertz CT molecular complexity index is 1490. The lowest BCUT2D eigenvalue weighted by molar-refractivity contribution is -0.146. The maximum atomic E-state index is 12.6. The Morgan fingerprint density at radius 1 is 0.808 bits per heavy atom. The Morgan fingerprint density at radius 2 is 1.44 bits per heavy atom. The number of carboxylic acids is 1. The maximum absolute atomic E-state index is 12.6. The zero-order valence-electron chi connectivity index (χ0n) is 31.7. The molecule has 0 aromatic heterocycles. The normalized spacial score (nSPS) is 17.3. The van der Waals surface area contributed by atoms with Crippen LogP contribution in [0.2, 0.25) is 0 Å². The quantitative estimate of drug-likeness (QED) is 0.0455. The number of ether oxygens (including phenoxy) is 1. The van der Waals surface area contributed by atoms with Gasteiger partial charge >= 0.3 is 5.97 Å². The van der Waals surface area contributed by atoms with Crippen molar-refractivity contribution in [1.82, 2.24) is 5.32 Å². The summed E-state index contributed by atoms with van der Waals surface area (Å²) >= 11 is 0. The summed E-state index contributed by atoms with van der Waals surface area (Å²) < 4.78 is 5.35. The van der Waals surface area contributed by atoms with Crippen molar-refractivity contribution in [3.05, 3.63) is 126 Å². The number of benzene rings is 1. The number of rotatable bonds is 23. The van der Waals surface area contributed by atoms with Gasteiger partial charge in [-0.3, -0.25) is 14.4 Å². The number of phenolic OH excluding ortho intramolecular Hbond substituents is 1. The molecule has 1 rings (SSSR count). The molecule has 5 N–H and O–H groups in total.